The Kier molecular flexibility index (Phi) is 19.1. The molecule has 7 rings (SSSR count). The van der Waals surface area contributed by atoms with E-state index in [1.807, 2.05) is 25.7 Å². The number of hydrogen-bond acceptors (Lipinski definition) is 6. The molecule has 3 aromatic rings. The zero-order valence-corrected chi connectivity index (χ0v) is 40.1. The SMILES string of the molecule is CCC1=C(CC)c2cc3[n-]c(cc4nc(cc5[n-]c(cc1n2)c(CC)c5CC)C(CC)=C4CC)c(CC)c3CC.CCCCN1C=CN[CH-]1.CCCCN1C=CN[CH-]1.[Ir]. The molecule has 0 spiro atoms. The molecule has 4 aliphatic rings. The molecule has 0 saturated heterocycles. The number of hydrogen-bond donors (Lipinski definition) is 2. The van der Waals surface area contributed by atoms with Crippen LogP contribution in [0.5, 0.6) is 0 Å². The van der Waals surface area contributed by atoms with Crippen molar-refractivity contribution in [3.63, 3.8) is 0 Å². The fourth-order valence-corrected chi connectivity index (χ4v) is 8.53. The number of nitrogens with one attached hydrogen (secondary N) is 2. The average molecular weight is 975 g/mol. The summed E-state index contributed by atoms with van der Waals surface area (Å²) in [5.41, 5.74) is 19.1. The Balaban J connectivity index is 0.000000332. The Hall–Kier alpha value is -4.07. The van der Waals surface area contributed by atoms with Crippen LogP contribution in [-0.4, -0.2) is 32.9 Å². The normalized spacial score (nSPS) is 14.2. The Bertz CT molecular complexity index is 1870. The minimum absolute atomic E-state index is 0. The van der Waals surface area contributed by atoms with Gasteiger partial charge in [0.25, 0.3) is 0 Å². The first-order valence-corrected chi connectivity index (χ1v) is 22.5. The van der Waals surface area contributed by atoms with Gasteiger partial charge in [0.2, 0.25) is 0 Å². The molecule has 3 aromatic heterocycles. The van der Waals surface area contributed by atoms with E-state index in [2.05, 4.69) is 126 Å². The molecule has 0 aliphatic carbocycles. The Labute approximate surface area is 369 Å². The van der Waals surface area contributed by atoms with Crippen molar-refractivity contribution in [2.75, 3.05) is 13.1 Å². The number of aryl methyl sites for hydroxylation is 4. The first-order valence-electron chi connectivity index (χ1n) is 22.5. The maximum absolute atomic E-state index is 5.25. The van der Waals surface area contributed by atoms with Gasteiger partial charge in [-0.1, -0.05) is 129 Å². The third-order valence-electron chi connectivity index (χ3n) is 11.6. The third-order valence-corrected chi connectivity index (χ3v) is 11.6. The second-order valence-electron chi connectivity index (χ2n) is 15.2. The molecular weight excluding hydrogens is 905 g/mol. The van der Waals surface area contributed by atoms with Crippen molar-refractivity contribution in [3.8, 4) is 0 Å². The standard InChI is InChI=1S/C36H44N4.2C7H13N2.Ir/c1-9-21-22(10-2)30-18-32-25(13-5)26(14-6)34(39-32)20-36-28(16-8)27(15-7)35(40-36)19-33-24(12-4)23(11-3)31(38-33)17-29(21)37-30;2*1-2-3-5-9-6-4-8-7-9;/h17-20H,9-16H2,1-8H3;2*4,6-8H,2-3,5H2,1H3;/q-2;2*-1;. The van der Waals surface area contributed by atoms with E-state index in [9.17, 15) is 0 Å². The molecule has 0 saturated carbocycles. The number of aromatic nitrogens is 4. The van der Waals surface area contributed by atoms with Crippen LogP contribution in [-0.2, 0) is 45.8 Å². The molecule has 59 heavy (non-hydrogen) atoms. The van der Waals surface area contributed by atoms with Crippen molar-refractivity contribution < 1.29 is 20.1 Å². The molecule has 4 aliphatic heterocycles. The third kappa shape index (κ3) is 11.2. The van der Waals surface area contributed by atoms with Gasteiger partial charge in [-0.3, -0.25) is 0 Å². The number of allylic oxidation sites excluding steroid dienone is 4. The summed E-state index contributed by atoms with van der Waals surface area (Å²) >= 11 is 0. The van der Waals surface area contributed by atoms with Crippen LogP contribution in [0.1, 0.15) is 166 Å². The van der Waals surface area contributed by atoms with Crippen LogP contribution in [0.3, 0.4) is 0 Å². The predicted molar refractivity (Wildman–Crippen MR) is 248 cm³/mol. The van der Waals surface area contributed by atoms with Gasteiger partial charge in [-0.25, -0.2) is 9.97 Å². The topological polar surface area (TPSA) is 84.5 Å². The summed E-state index contributed by atoms with van der Waals surface area (Å²) < 4.78 is 0. The van der Waals surface area contributed by atoms with Gasteiger partial charge < -0.3 is 30.4 Å². The number of rotatable bonds is 14. The maximum atomic E-state index is 5.25. The molecule has 0 unspecified atom stereocenters. The Morgan fingerprint density at radius 3 is 0.949 bits per heavy atom. The largest absolute Gasteiger partial charge is 0.657 e. The summed E-state index contributed by atoms with van der Waals surface area (Å²) in [5, 5.41) is 6.00. The van der Waals surface area contributed by atoms with Crippen molar-refractivity contribution in [3.05, 3.63) is 107 Å². The predicted octanol–water partition coefficient (Wildman–Crippen LogP) is 11.8. The van der Waals surface area contributed by atoms with Crippen molar-refractivity contribution >= 4 is 44.4 Å². The van der Waals surface area contributed by atoms with Crippen LogP contribution < -0.4 is 20.6 Å². The van der Waals surface area contributed by atoms with Crippen LogP contribution in [0.2, 0.25) is 0 Å². The first-order chi connectivity index (χ1) is 28.3. The van der Waals surface area contributed by atoms with Gasteiger partial charge in [-0.05, 0) is 124 Å². The average Bonchev–Trinajstić information content (AvgIpc) is 4.10. The minimum atomic E-state index is 0. The van der Waals surface area contributed by atoms with Gasteiger partial charge in [0.1, 0.15) is 0 Å². The zero-order chi connectivity index (χ0) is 41.6. The van der Waals surface area contributed by atoms with Gasteiger partial charge in [-0.2, -0.15) is 13.3 Å². The molecule has 8 nitrogen and oxygen atoms in total. The van der Waals surface area contributed by atoms with Crippen molar-refractivity contribution in [2.45, 2.75) is 146 Å². The van der Waals surface area contributed by atoms with Crippen LogP contribution in [0.25, 0.3) is 44.4 Å². The molecule has 2 N–H and O–H groups in total. The molecule has 0 fully saturated rings. The van der Waals surface area contributed by atoms with Gasteiger partial charge in [0.15, 0.2) is 0 Å². The summed E-state index contributed by atoms with van der Waals surface area (Å²) in [5.74, 6) is 0. The van der Waals surface area contributed by atoms with Crippen molar-refractivity contribution in [1.82, 2.24) is 40.4 Å². The van der Waals surface area contributed by atoms with E-state index in [4.69, 9.17) is 19.9 Å². The van der Waals surface area contributed by atoms with E-state index in [-0.39, 0.29) is 20.1 Å². The number of nitrogens with zero attached hydrogens (tertiary/aromatic N) is 6. The zero-order valence-electron chi connectivity index (χ0n) is 37.7. The second-order valence-corrected chi connectivity index (χ2v) is 15.2. The monoisotopic (exact) mass is 976 g/mol. The maximum Gasteiger partial charge on any atom is 0.0660 e. The Morgan fingerprint density at radius 2 is 0.746 bits per heavy atom. The molecule has 1 radical (unpaired) electrons. The van der Waals surface area contributed by atoms with E-state index >= 15 is 0 Å². The van der Waals surface area contributed by atoms with Gasteiger partial charge >= 0.3 is 0 Å². The second kappa shape index (κ2) is 23.6. The minimum Gasteiger partial charge on any atom is -0.657 e. The summed E-state index contributed by atoms with van der Waals surface area (Å²) in [6.07, 6.45) is 20.6. The van der Waals surface area contributed by atoms with Crippen LogP contribution >= 0.6 is 0 Å². The molecule has 0 atom stereocenters. The van der Waals surface area contributed by atoms with Crippen molar-refractivity contribution in [2.24, 2.45) is 0 Å². The van der Waals surface area contributed by atoms with E-state index in [0.717, 1.165) is 109 Å². The molecule has 8 bridgehead atoms. The van der Waals surface area contributed by atoms with E-state index < -0.39 is 0 Å². The molecule has 323 valence electrons. The van der Waals surface area contributed by atoms with Crippen LogP contribution in [0, 0.1) is 13.3 Å². The first kappa shape index (κ1) is 47.6. The number of fused-ring (bicyclic) bond motifs is 8. The fraction of sp³-hybridized carbons (Fsp3) is 0.480. The summed E-state index contributed by atoms with van der Waals surface area (Å²) in [7, 11) is 0. The van der Waals surface area contributed by atoms with E-state index in [1.165, 1.54) is 70.2 Å². The van der Waals surface area contributed by atoms with Gasteiger partial charge in [0, 0.05) is 20.1 Å². The molecular formula is C50H70IrN8-4. The molecule has 0 aromatic carbocycles. The van der Waals surface area contributed by atoms with Crippen LogP contribution in [0.15, 0.2) is 49.1 Å². The smallest absolute Gasteiger partial charge is 0.0660 e. The van der Waals surface area contributed by atoms with Crippen molar-refractivity contribution in [1.29, 1.82) is 0 Å². The molecule has 0 amide bonds. The van der Waals surface area contributed by atoms with E-state index in [0.29, 0.717) is 0 Å². The quantitative estimate of drug-likeness (QED) is 0.155. The van der Waals surface area contributed by atoms with E-state index in [1.54, 1.807) is 0 Å². The molecule has 7 heterocycles. The number of unbranched alkanes of at least 4 members (excludes halogenated alkanes) is 2. The van der Waals surface area contributed by atoms with Gasteiger partial charge in [-0.15, -0.1) is 22.1 Å². The van der Waals surface area contributed by atoms with Crippen LogP contribution in [0.4, 0.5) is 0 Å². The summed E-state index contributed by atoms with van der Waals surface area (Å²) in [4.78, 5) is 25.3. The van der Waals surface area contributed by atoms with Gasteiger partial charge in [0.05, 0.1) is 22.8 Å². The molecule has 9 heteroatoms. The summed E-state index contributed by atoms with van der Waals surface area (Å²) in [6, 6.07) is 8.98. The fourth-order valence-electron chi connectivity index (χ4n) is 8.53. The summed E-state index contributed by atoms with van der Waals surface area (Å²) in [6.45, 7) is 28.6. The Morgan fingerprint density at radius 1 is 0.458 bits per heavy atom.